The standard InChI is InChI=1S/C14H23FN2O2/c1-9(2)8-11-12(18)17(7-6-15)14(3,10-4-5-10)13(19)16-11/h9-11H,4-8H2,1-3H3,(H,16,19). The first kappa shape index (κ1) is 14.3. The second kappa shape index (κ2) is 5.10. The van der Waals surface area contributed by atoms with Crippen LogP contribution in [0.3, 0.4) is 0 Å². The van der Waals surface area contributed by atoms with Gasteiger partial charge in [0, 0.05) is 0 Å². The van der Waals surface area contributed by atoms with Gasteiger partial charge in [0.05, 0.1) is 6.54 Å². The van der Waals surface area contributed by atoms with Crippen LogP contribution in [0, 0.1) is 11.8 Å². The molecule has 0 bridgehead atoms. The second-order valence-corrected chi connectivity index (χ2v) is 6.26. The summed E-state index contributed by atoms with van der Waals surface area (Å²) < 4.78 is 12.8. The summed E-state index contributed by atoms with van der Waals surface area (Å²) in [6.07, 6.45) is 2.48. The smallest absolute Gasteiger partial charge is 0.246 e. The summed E-state index contributed by atoms with van der Waals surface area (Å²) in [5, 5.41) is 2.85. The lowest BCUT2D eigenvalue weighted by Crippen LogP contribution is -2.70. The number of nitrogens with one attached hydrogen (secondary N) is 1. The van der Waals surface area contributed by atoms with Crippen LogP contribution in [-0.4, -0.2) is 41.5 Å². The molecule has 1 aliphatic heterocycles. The fourth-order valence-corrected chi connectivity index (χ4v) is 3.02. The zero-order chi connectivity index (χ0) is 14.2. The van der Waals surface area contributed by atoms with Crippen molar-refractivity contribution < 1.29 is 14.0 Å². The molecule has 2 amide bonds. The summed E-state index contributed by atoms with van der Waals surface area (Å²) in [5.74, 6) is 0.254. The minimum atomic E-state index is -0.851. The average Bonchev–Trinajstić information content (AvgIpc) is 3.15. The highest BCUT2D eigenvalue weighted by molar-refractivity contribution is 6.00. The topological polar surface area (TPSA) is 49.4 Å². The van der Waals surface area contributed by atoms with Gasteiger partial charge in [0.2, 0.25) is 11.8 Å². The highest BCUT2D eigenvalue weighted by Crippen LogP contribution is 2.44. The van der Waals surface area contributed by atoms with Crippen molar-refractivity contribution in [3.63, 3.8) is 0 Å². The van der Waals surface area contributed by atoms with Gasteiger partial charge in [-0.25, -0.2) is 4.39 Å². The molecule has 19 heavy (non-hydrogen) atoms. The van der Waals surface area contributed by atoms with Crippen LogP contribution in [0.25, 0.3) is 0 Å². The second-order valence-electron chi connectivity index (χ2n) is 6.26. The molecule has 108 valence electrons. The molecule has 0 spiro atoms. The van der Waals surface area contributed by atoms with Crippen LogP contribution in [0.1, 0.15) is 40.0 Å². The molecule has 5 heteroatoms. The molecule has 1 saturated carbocycles. The third kappa shape index (κ3) is 2.47. The highest BCUT2D eigenvalue weighted by Gasteiger charge is 2.56. The molecule has 1 heterocycles. The molecular weight excluding hydrogens is 247 g/mol. The fourth-order valence-electron chi connectivity index (χ4n) is 3.02. The number of carbonyl (C=O) groups excluding carboxylic acids is 2. The van der Waals surface area contributed by atoms with Gasteiger partial charge < -0.3 is 10.2 Å². The molecule has 2 aliphatic rings. The number of carbonyl (C=O) groups is 2. The Labute approximate surface area is 113 Å². The van der Waals surface area contributed by atoms with Gasteiger partial charge in [-0.05, 0) is 38.0 Å². The van der Waals surface area contributed by atoms with E-state index in [2.05, 4.69) is 5.32 Å². The largest absolute Gasteiger partial charge is 0.342 e. The van der Waals surface area contributed by atoms with Crippen LogP contribution in [0.2, 0.25) is 0 Å². The van der Waals surface area contributed by atoms with Gasteiger partial charge in [-0.1, -0.05) is 13.8 Å². The van der Waals surface area contributed by atoms with Crippen molar-refractivity contribution in [1.82, 2.24) is 10.2 Å². The summed E-state index contributed by atoms with van der Waals surface area (Å²) in [5.41, 5.74) is -0.851. The summed E-state index contributed by atoms with van der Waals surface area (Å²) in [7, 11) is 0. The Morgan fingerprint density at radius 1 is 1.42 bits per heavy atom. The highest BCUT2D eigenvalue weighted by atomic mass is 19.1. The maximum absolute atomic E-state index is 12.8. The third-order valence-corrected chi connectivity index (χ3v) is 4.28. The molecule has 4 nitrogen and oxygen atoms in total. The average molecular weight is 270 g/mol. The lowest BCUT2D eigenvalue weighted by molar-refractivity contribution is -0.158. The molecule has 2 fully saturated rings. The van der Waals surface area contributed by atoms with Gasteiger partial charge in [-0.15, -0.1) is 0 Å². The Balaban J connectivity index is 2.24. The third-order valence-electron chi connectivity index (χ3n) is 4.28. The zero-order valence-electron chi connectivity index (χ0n) is 11.9. The van der Waals surface area contributed by atoms with Gasteiger partial charge >= 0.3 is 0 Å². The number of nitrogens with zero attached hydrogens (tertiary/aromatic N) is 1. The number of alkyl halides is 1. The molecule has 0 radical (unpaired) electrons. The molecule has 0 aromatic rings. The summed E-state index contributed by atoms with van der Waals surface area (Å²) in [6.45, 7) is 5.21. The molecule has 1 saturated heterocycles. The maximum Gasteiger partial charge on any atom is 0.246 e. The Bertz CT molecular complexity index is 382. The number of hydrogen-bond acceptors (Lipinski definition) is 2. The van der Waals surface area contributed by atoms with Gasteiger partial charge in [-0.2, -0.15) is 0 Å². The Hall–Kier alpha value is -1.13. The van der Waals surface area contributed by atoms with E-state index in [0.717, 1.165) is 12.8 Å². The van der Waals surface area contributed by atoms with Crippen molar-refractivity contribution in [2.75, 3.05) is 13.2 Å². The van der Waals surface area contributed by atoms with Crippen LogP contribution >= 0.6 is 0 Å². The number of halogens is 1. The van der Waals surface area contributed by atoms with Crippen molar-refractivity contribution in [3.8, 4) is 0 Å². The molecule has 2 unspecified atom stereocenters. The lowest BCUT2D eigenvalue weighted by atomic mass is 9.86. The van der Waals surface area contributed by atoms with Crippen LogP contribution in [0.5, 0.6) is 0 Å². The van der Waals surface area contributed by atoms with Crippen molar-refractivity contribution in [3.05, 3.63) is 0 Å². The first-order chi connectivity index (χ1) is 8.91. The van der Waals surface area contributed by atoms with E-state index in [-0.39, 0.29) is 24.3 Å². The van der Waals surface area contributed by atoms with Crippen LogP contribution in [0.4, 0.5) is 4.39 Å². The molecule has 2 atom stereocenters. The van der Waals surface area contributed by atoms with Crippen molar-refractivity contribution in [2.45, 2.75) is 51.6 Å². The Morgan fingerprint density at radius 3 is 2.53 bits per heavy atom. The van der Waals surface area contributed by atoms with Gasteiger partial charge in [0.25, 0.3) is 0 Å². The Kier molecular flexibility index (Phi) is 3.83. The molecule has 1 N–H and O–H groups in total. The minimum absolute atomic E-state index is 0.0217. The first-order valence-electron chi connectivity index (χ1n) is 7.09. The lowest BCUT2D eigenvalue weighted by Gasteiger charge is -2.46. The van der Waals surface area contributed by atoms with E-state index in [1.165, 1.54) is 4.90 Å². The van der Waals surface area contributed by atoms with Crippen molar-refractivity contribution >= 4 is 11.8 Å². The fraction of sp³-hybridized carbons (Fsp3) is 0.857. The number of amides is 2. The zero-order valence-corrected chi connectivity index (χ0v) is 11.9. The Morgan fingerprint density at radius 2 is 2.05 bits per heavy atom. The van der Waals surface area contributed by atoms with Gasteiger partial charge in [0.15, 0.2) is 0 Å². The van der Waals surface area contributed by atoms with Crippen molar-refractivity contribution in [1.29, 1.82) is 0 Å². The van der Waals surface area contributed by atoms with E-state index < -0.39 is 18.3 Å². The summed E-state index contributed by atoms with van der Waals surface area (Å²) >= 11 is 0. The van der Waals surface area contributed by atoms with E-state index >= 15 is 0 Å². The van der Waals surface area contributed by atoms with Crippen LogP contribution in [-0.2, 0) is 9.59 Å². The predicted octanol–water partition coefficient (Wildman–Crippen LogP) is 1.50. The van der Waals surface area contributed by atoms with E-state index in [9.17, 15) is 14.0 Å². The molecule has 1 aliphatic carbocycles. The van der Waals surface area contributed by atoms with Crippen LogP contribution in [0.15, 0.2) is 0 Å². The van der Waals surface area contributed by atoms with E-state index in [1.807, 2.05) is 13.8 Å². The first-order valence-corrected chi connectivity index (χ1v) is 7.09. The molecule has 0 aromatic heterocycles. The van der Waals surface area contributed by atoms with Crippen molar-refractivity contribution in [2.24, 2.45) is 11.8 Å². The summed E-state index contributed by atoms with van der Waals surface area (Å²) in [6, 6.07) is -0.495. The van der Waals surface area contributed by atoms with Gasteiger partial charge in [0.1, 0.15) is 18.3 Å². The maximum atomic E-state index is 12.8. The number of hydrogen-bond donors (Lipinski definition) is 1. The van der Waals surface area contributed by atoms with E-state index in [0.29, 0.717) is 12.3 Å². The molecule has 0 aromatic carbocycles. The minimum Gasteiger partial charge on any atom is -0.342 e. The number of rotatable bonds is 5. The monoisotopic (exact) mass is 270 g/mol. The molecular formula is C14H23FN2O2. The normalized spacial score (nSPS) is 31.8. The number of piperazine rings is 1. The predicted molar refractivity (Wildman–Crippen MR) is 70.2 cm³/mol. The SMILES string of the molecule is CC(C)CC1NC(=O)C(C)(C2CC2)N(CCF)C1=O. The summed E-state index contributed by atoms with van der Waals surface area (Å²) in [4.78, 5) is 26.4. The van der Waals surface area contributed by atoms with E-state index in [1.54, 1.807) is 6.92 Å². The van der Waals surface area contributed by atoms with E-state index in [4.69, 9.17) is 0 Å². The molecule has 2 rings (SSSR count). The van der Waals surface area contributed by atoms with Gasteiger partial charge in [-0.3, -0.25) is 9.59 Å². The van der Waals surface area contributed by atoms with Crippen LogP contribution < -0.4 is 5.32 Å². The quantitative estimate of drug-likeness (QED) is 0.823.